The first-order chi connectivity index (χ1) is 6.78. The molecule has 0 spiro atoms. The van der Waals surface area contributed by atoms with Crippen LogP contribution in [-0.4, -0.2) is 9.78 Å². The summed E-state index contributed by atoms with van der Waals surface area (Å²) in [5, 5.41) is 4.27. The molecule has 0 fully saturated rings. The zero-order chi connectivity index (χ0) is 9.97. The molecule has 2 heterocycles. The van der Waals surface area contributed by atoms with Crippen LogP contribution in [0, 0.1) is 6.92 Å². The van der Waals surface area contributed by atoms with Crippen LogP contribution in [0.4, 0.5) is 0 Å². The molecule has 0 saturated heterocycles. The summed E-state index contributed by atoms with van der Waals surface area (Å²) >= 11 is 0. The van der Waals surface area contributed by atoms with Crippen molar-refractivity contribution in [2.75, 3.05) is 0 Å². The van der Waals surface area contributed by atoms with E-state index in [4.69, 9.17) is 10.2 Å². The molecule has 2 rings (SSSR count). The maximum atomic E-state index is 5.48. The molecule has 14 heavy (non-hydrogen) atoms. The Balaban J connectivity index is 2.10. The van der Waals surface area contributed by atoms with Gasteiger partial charge in [0.2, 0.25) is 0 Å². The first-order valence-corrected chi connectivity index (χ1v) is 4.54. The minimum atomic E-state index is 0.516. The molecular formula is C10H13N3O. The van der Waals surface area contributed by atoms with E-state index in [1.807, 2.05) is 29.9 Å². The molecule has 2 aromatic rings. The van der Waals surface area contributed by atoms with Gasteiger partial charge in [-0.15, -0.1) is 0 Å². The van der Waals surface area contributed by atoms with E-state index in [1.165, 1.54) is 0 Å². The van der Waals surface area contributed by atoms with Crippen molar-refractivity contribution in [2.45, 2.75) is 20.0 Å². The van der Waals surface area contributed by atoms with Crippen LogP contribution >= 0.6 is 0 Å². The van der Waals surface area contributed by atoms with E-state index in [0.717, 1.165) is 17.0 Å². The van der Waals surface area contributed by atoms with Gasteiger partial charge in [-0.25, -0.2) is 0 Å². The topological polar surface area (TPSA) is 57.0 Å². The highest BCUT2D eigenvalue weighted by Gasteiger charge is 2.01. The van der Waals surface area contributed by atoms with Crippen LogP contribution in [0.5, 0.6) is 0 Å². The highest BCUT2D eigenvalue weighted by molar-refractivity contribution is 5.12. The normalized spacial score (nSPS) is 10.7. The zero-order valence-electron chi connectivity index (χ0n) is 8.10. The molecule has 74 valence electrons. The summed E-state index contributed by atoms with van der Waals surface area (Å²) in [6.07, 6.45) is 3.62. The molecular weight excluding hydrogens is 178 g/mol. The Kier molecular flexibility index (Phi) is 2.37. The highest BCUT2D eigenvalue weighted by atomic mass is 16.3. The van der Waals surface area contributed by atoms with E-state index in [2.05, 4.69) is 5.10 Å². The van der Waals surface area contributed by atoms with Gasteiger partial charge in [-0.3, -0.25) is 4.68 Å². The van der Waals surface area contributed by atoms with Crippen molar-refractivity contribution in [1.29, 1.82) is 0 Å². The summed E-state index contributed by atoms with van der Waals surface area (Å²) in [7, 11) is 0. The molecule has 0 amide bonds. The second kappa shape index (κ2) is 3.67. The van der Waals surface area contributed by atoms with Crippen molar-refractivity contribution in [1.82, 2.24) is 9.78 Å². The predicted octanol–water partition coefficient (Wildman–Crippen LogP) is 1.29. The maximum absolute atomic E-state index is 5.48. The Bertz CT molecular complexity index is 416. The lowest BCUT2D eigenvalue weighted by Crippen LogP contribution is -1.99. The summed E-state index contributed by atoms with van der Waals surface area (Å²) < 4.78 is 7.17. The van der Waals surface area contributed by atoms with Gasteiger partial charge < -0.3 is 10.2 Å². The molecule has 0 aliphatic heterocycles. The standard InChI is InChI=1S/C10H13N3O/c1-8-2-3-13(12-8)6-10-4-9(5-11)7-14-10/h2-4,7H,5-6,11H2,1H3. The Morgan fingerprint density at radius 3 is 3.00 bits per heavy atom. The second-order valence-corrected chi connectivity index (χ2v) is 3.28. The number of nitrogens with zero attached hydrogens (tertiary/aromatic N) is 2. The van der Waals surface area contributed by atoms with Crippen molar-refractivity contribution in [3.8, 4) is 0 Å². The van der Waals surface area contributed by atoms with Gasteiger partial charge in [-0.1, -0.05) is 0 Å². The van der Waals surface area contributed by atoms with E-state index < -0.39 is 0 Å². The largest absolute Gasteiger partial charge is 0.467 e. The van der Waals surface area contributed by atoms with Gasteiger partial charge in [-0.2, -0.15) is 5.10 Å². The molecule has 0 unspecified atom stereocenters. The first-order valence-electron chi connectivity index (χ1n) is 4.54. The lowest BCUT2D eigenvalue weighted by Gasteiger charge is -1.95. The van der Waals surface area contributed by atoms with Gasteiger partial charge in [0, 0.05) is 18.3 Å². The molecule has 0 atom stereocenters. The van der Waals surface area contributed by atoms with Crippen molar-refractivity contribution in [3.05, 3.63) is 41.6 Å². The SMILES string of the molecule is Cc1ccn(Cc2cc(CN)co2)n1. The molecule has 2 aromatic heterocycles. The van der Waals surface area contributed by atoms with Crippen LogP contribution in [0.15, 0.2) is 29.0 Å². The van der Waals surface area contributed by atoms with E-state index in [0.29, 0.717) is 13.1 Å². The fraction of sp³-hybridized carbons (Fsp3) is 0.300. The number of aromatic nitrogens is 2. The van der Waals surface area contributed by atoms with E-state index in [9.17, 15) is 0 Å². The van der Waals surface area contributed by atoms with Gasteiger partial charge in [0.25, 0.3) is 0 Å². The van der Waals surface area contributed by atoms with Crippen LogP contribution in [-0.2, 0) is 13.1 Å². The first kappa shape index (κ1) is 9.02. The molecule has 4 heteroatoms. The Labute approximate surface area is 82.3 Å². The van der Waals surface area contributed by atoms with Gasteiger partial charge >= 0.3 is 0 Å². The van der Waals surface area contributed by atoms with Crippen molar-refractivity contribution < 1.29 is 4.42 Å². The molecule has 2 N–H and O–H groups in total. The quantitative estimate of drug-likeness (QED) is 0.795. The summed E-state index contributed by atoms with van der Waals surface area (Å²) in [4.78, 5) is 0. The van der Waals surface area contributed by atoms with Crippen molar-refractivity contribution in [3.63, 3.8) is 0 Å². The average Bonchev–Trinajstić information content (AvgIpc) is 2.76. The molecule has 0 saturated carbocycles. The smallest absolute Gasteiger partial charge is 0.125 e. The summed E-state index contributed by atoms with van der Waals surface area (Å²) in [5.41, 5.74) is 7.51. The molecule has 4 nitrogen and oxygen atoms in total. The lowest BCUT2D eigenvalue weighted by molar-refractivity contribution is 0.478. The van der Waals surface area contributed by atoms with Crippen LogP contribution in [0.2, 0.25) is 0 Å². The summed E-state index contributed by atoms with van der Waals surface area (Å²) in [6, 6.07) is 3.92. The van der Waals surface area contributed by atoms with Crippen LogP contribution < -0.4 is 5.73 Å². The minimum absolute atomic E-state index is 0.516. The Morgan fingerprint density at radius 1 is 1.57 bits per heavy atom. The molecule has 0 aromatic carbocycles. The number of furan rings is 1. The third-order valence-corrected chi connectivity index (χ3v) is 2.04. The zero-order valence-corrected chi connectivity index (χ0v) is 8.10. The number of rotatable bonds is 3. The number of aryl methyl sites for hydroxylation is 1. The Hall–Kier alpha value is -1.55. The monoisotopic (exact) mass is 191 g/mol. The molecule has 0 aliphatic carbocycles. The van der Waals surface area contributed by atoms with Crippen molar-refractivity contribution in [2.24, 2.45) is 5.73 Å². The van der Waals surface area contributed by atoms with E-state index in [-0.39, 0.29) is 0 Å². The highest BCUT2D eigenvalue weighted by Crippen LogP contribution is 2.08. The van der Waals surface area contributed by atoms with E-state index in [1.54, 1.807) is 6.26 Å². The van der Waals surface area contributed by atoms with Crippen LogP contribution in [0.1, 0.15) is 17.0 Å². The van der Waals surface area contributed by atoms with Gasteiger partial charge in [0.05, 0.1) is 18.5 Å². The van der Waals surface area contributed by atoms with Gasteiger partial charge in [0.15, 0.2) is 0 Å². The van der Waals surface area contributed by atoms with Gasteiger partial charge in [-0.05, 0) is 19.1 Å². The molecule has 0 radical (unpaired) electrons. The number of hydrogen-bond acceptors (Lipinski definition) is 3. The third kappa shape index (κ3) is 1.85. The Morgan fingerprint density at radius 2 is 2.43 bits per heavy atom. The lowest BCUT2D eigenvalue weighted by atomic mass is 10.3. The van der Waals surface area contributed by atoms with E-state index >= 15 is 0 Å². The molecule has 0 aliphatic rings. The van der Waals surface area contributed by atoms with Gasteiger partial charge in [0.1, 0.15) is 5.76 Å². The number of nitrogens with two attached hydrogens (primary N) is 1. The van der Waals surface area contributed by atoms with Crippen LogP contribution in [0.25, 0.3) is 0 Å². The fourth-order valence-electron chi connectivity index (χ4n) is 1.33. The number of hydrogen-bond donors (Lipinski definition) is 1. The summed E-state index contributed by atoms with van der Waals surface area (Å²) in [6.45, 7) is 3.14. The van der Waals surface area contributed by atoms with Crippen LogP contribution in [0.3, 0.4) is 0 Å². The van der Waals surface area contributed by atoms with Crippen molar-refractivity contribution >= 4 is 0 Å². The molecule has 0 bridgehead atoms. The second-order valence-electron chi connectivity index (χ2n) is 3.28. The fourth-order valence-corrected chi connectivity index (χ4v) is 1.33. The minimum Gasteiger partial charge on any atom is -0.467 e. The third-order valence-electron chi connectivity index (χ3n) is 2.04. The maximum Gasteiger partial charge on any atom is 0.125 e. The summed E-state index contributed by atoms with van der Waals surface area (Å²) in [5.74, 6) is 0.883. The predicted molar refractivity (Wildman–Crippen MR) is 52.7 cm³/mol. The average molecular weight is 191 g/mol.